The number of carbonyl (C=O) groups is 1. The first kappa shape index (κ1) is 14.8. The normalized spacial score (nSPS) is 12.0. The van der Waals surface area contributed by atoms with Crippen LogP contribution < -0.4 is 15.4 Å². The van der Waals surface area contributed by atoms with Crippen LogP contribution in [0.25, 0.3) is 0 Å². The van der Waals surface area contributed by atoms with Gasteiger partial charge < -0.3 is 15.4 Å². The lowest BCUT2D eigenvalue weighted by atomic mass is 10.2. The molecule has 2 N–H and O–H groups in total. The summed E-state index contributed by atoms with van der Waals surface area (Å²) in [4.78, 5) is 11.5. The van der Waals surface area contributed by atoms with E-state index < -0.39 is 0 Å². The third-order valence-electron chi connectivity index (χ3n) is 2.67. The van der Waals surface area contributed by atoms with Crippen LogP contribution in [0.15, 0.2) is 18.2 Å². The minimum absolute atomic E-state index is 0.00236. The van der Waals surface area contributed by atoms with E-state index in [0.717, 1.165) is 5.56 Å². The molecule has 4 nitrogen and oxygen atoms in total. The van der Waals surface area contributed by atoms with Crippen LogP contribution in [-0.4, -0.2) is 32.1 Å². The molecule has 0 saturated heterocycles. The van der Waals surface area contributed by atoms with Gasteiger partial charge in [-0.3, -0.25) is 4.79 Å². The summed E-state index contributed by atoms with van der Waals surface area (Å²) in [5.41, 5.74) is 0.843. The molecule has 0 radical (unpaired) electrons. The topological polar surface area (TPSA) is 50.4 Å². The molecule has 1 amide bonds. The third-order valence-corrected chi connectivity index (χ3v) is 3.08. The highest BCUT2D eigenvalue weighted by molar-refractivity contribution is 6.31. The van der Waals surface area contributed by atoms with E-state index in [4.69, 9.17) is 16.3 Å². The summed E-state index contributed by atoms with van der Waals surface area (Å²) >= 11 is 5.96. The van der Waals surface area contributed by atoms with Crippen molar-refractivity contribution in [2.75, 3.05) is 20.2 Å². The van der Waals surface area contributed by atoms with Crippen molar-refractivity contribution in [3.05, 3.63) is 28.8 Å². The molecule has 0 aliphatic heterocycles. The van der Waals surface area contributed by atoms with E-state index in [9.17, 15) is 4.79 Å². The molecule has 5 heteroatoms. The van der Waals surface area contributed by atoms with Crippen molar-refractivity contribution in [2.24, 2.45) is 0 Å². The molecule has 0 aliphatic rings. The molecule has 0 bridgehead atoms. The standard InChI is InChI=1S/C13H19ClN2O2/c1-9(15-3)7-16-13(17)8-18-12-6-4-5-11(14)10(12)2/h4-6,9,15H,7-8H2,1-3H3,(H,16,17). The van der Waals surface area contributed by atoms with Crippen molar-refractivity contribution in [2.45, 2.75) is 19.9 Å². The number of hydrogen-bond acceptors (Lipinski definition) is 3. The number of hydrogen-bond donors (Lipinski definition) is 2. The lowest BCUT2D eigenvalue weighted by molar-refractivity contribution is -0.123. The van der Waals surface area contributed by atoms with Gasteiger partial charge in [0, 0.05) is 23.2 Å². The fraction of sp³-hybridized carbons (Fsp3) is 0.462. The highest BCUT2D eigenvalue weighted by Gasteiger charge is 2.07. The number of halogens is 1. The van der Waals surface area contributed by atoms with Gasteiger partial charge in [-0.15, -0.1) is 0 Å². The molecule has 1 aromatic rings. The number of benzene rings is 1. The molecular weight excluding hydrogens is 252 g/mol. The zero-order chi connectivity index (χ0) is 13.5. The SMILES string of the molecule is CNC(C)CNC(=O)COc1cccc(Cl)c1C. The smallest absolute Gasteiger partial charge is 0.257 e. The van der Waals surface area contributed by atoms with E-state index in [2.05, 4.69) is 10.6 Å². The van der Waals surface area contributed by atoms with Crippen molar-refractivity contribution in [1.29, 1.82) is 0 Å². The van der Waals surface area contributed by atoms with Crippen LogP contribution in [-0.2, 0) is 4.79 Å². The Kier molecular flexibility index (Phi) is 5.95. The number of ether oxygens (including phenoxy) is 1. The summed E-state index contributed by atoms with van der Waals surface area (Å²) in [5.74, 6) is 0.496. The van der Waals surface area contributed by atoms with Gasteiger partial charge in [0.1, 0.15) is 5.75 Å². The molecule has 100 valence electrons. The van der Waals surface area contributed by atoms with Gasteiger partial charge in [-0.05, 0) is 33.0 Å². The molecule has 0 aliphatic carbocycles. The van der Waals surface area contributed by atoms with Crippen LogP contribution in [0.5, 0.6) is 5.75 Å². The van der Waals surface area contributed by atoms with Crippen LogP contribution in [0.4, 0.5) is 0 Å². The molecule has 0 aromatic heterocycles. The molecule has 0 heterocycles. The summed E-state index contributed by atoms with van der Waals surface area (Å²) in [6.45, 7) is 4.42. The molecule has 0 spiro atoms. The number of rotatable bonds is 6. The Balaban J connectivity index is 2.41. The summed E-state index contributed by atoms with van der Waals surface area (Å²) in [7, 11) is 1.85. The molecule has 1 unspecified atom stereocenters. The van der Waals surface area contributed by atoms with Crippen molar-refractivity contribution in [3.8, 4) is 5.75 Å². The Morgan fingerprint density at radius 1 is 1.50 bits per heavy atom. The van der Waals surface area contributed by atoms with Crippen molar-refractivity contribution < 1.29 is 9.53 Å². The monoisotopic (exact) mass is 270 g/mol. The second-order valence-electron chi connectivity index (χ2n) is 4.15. The third kappa shape index (κ3) is 4.55. The Morgan fingerprint density at radius 3 is 2.89 bits per heavy atom. The summed E-state index contributed by atoms with van der Waals surface area (Å²) in [6.07, 6.45) is 0. The van der Waals surface area contributed by atoms with Gasteiger partial charge >= 0.3 is 0 Å². The predicted octanol–water partition coefficient (Wildman–Crippen LogP) is 1.75. The number of nitrogens with one attached hydrogen (secondary N) is 2. The van der Waals surface area contributed by atoms with E-state index in [1.54, 1.807) is 18.2 Å². The fourth-order valence-electron chi connectivity index (χ4n) is 1.31. The average molecular weight is 271 g/mol. The number of likely N-dealkylation sites (N-methyl/N-ethyl adjacent to an activating group) is 1. The van der Waals surface area contributed by atoms with E-state index in [-0.39, 0.29) is 18.6 Å². The molecule has 1 atom stereocenters. The lowest BCUT2D eigenvalue weighted by Crippen LogP contribution is -2.39. The van der Waals surface area contributed by atoms with Gasteiger partial charge in [-0.1, -0.05) is 17.7 Å². The molecule has 0 saturated carbocycles. The minimum Gasteiger partial charge on any atom is -0.483 e. The lowest BCUT2D eigenvalue weighted by Gasteiger charge is -2.13. The van der Waals surface area contributed by atoms with Gasteiger partial charge in [0.25, 0.3) is 5.91 Å². The fourth-order valence-corrected chi connectivity index (χ4v) is 1.47. The molecule has 0 fully saturated rings. The van der Waals surface area contributed by atoms with Gasteiger partial charge in [0.15, 0.2) is 6.61 Å². The quantitative estimate of drug-likeness (QED) is 0.828. The van der Waals surface area contributed by atoms with Crippen LogP contribution in [0.1, 0.15) is 12.5 Å². The highest BCUT2D eigenvalue weighted by Crippen LogP contribution is 2.24. The Bertz CT molecular complexity index is 410. The second kappa shape index (κ2) is 7.24. The average Bonchev–Trinajstić information content (AvgIpc) is 2.37. The van der Waals surface area contributed by atoms with E-state index in [1.165, 1.54) is 0 Å². The maximum atomic E-state index is 11.5. The van der Waals surface area contributed by atoms with Crippen molar-refractivity contribution in [3.63, 3.8) is 0 Å². The van der Waals surface area contributed by atoms with Crippen LogP contribution in [0, 0.1) is 6.92 Å². The van der Waals surface area contributed by atoms with Crippen LogP contribution in [0.3, 0.4) is 0 Å². The predicted molar refractivity (Wildman–Crippen MR) is 73.2 cm³/mol. The van der Waals surface area contributed by atoms with Gasteiger partial charge in [-0.25, -0.2) is 0 Å². The summed E-state index contributed by atoms with van der Waals surface area (Å²) in [6, 6.07) is 5.62. The van der Waals surface area contributed by atoms with E-state index in [0.29, 0.717) is 17.3 Å². The Labute approximate surface area is 113 Å². The Hall–Kier alpha value is -1.26. The first-order chi connectivity index (χ1) is 8.54. The molecule has 18 heavy (non-hydrogen) atoms. The minimum atomic E-state index is -0.142. The first-order valence-corrected chi connectivity index (χ1v) is 6.24. The second-order valence-corrected chi connectivity index (χ2v) is 4.55. The number of amides is 1. The summed E-state index contributed by atoms with van der Waals surface area (Å²) < 4.78 is 5.43. The van der Waals surface area contributed by atoms with Crippen LogP contribution in [0.2, 0.25) is 5.02 Å². The Morgan fingerprint density at radius 2 is 2.22 bits per heavy atom. The largest absolute Gasteiger partial charge is 0.483 e. The molecule has 1 rings (SSSR count). The molecular formula is C13H19ClN2O2. The van der Waals surface area contributed by atoms with Crippen molar-refractivity contribution >= 4 is 17.5 Å². The van der Waals surface area contributed by atoms with Gasteiger partial charge in [0.2, 0.25) is 0 Å². The van der Waals surface area contributed by atoms with E-state index in [1.807, 2.05) is 20.9 Å². The van der Waals surface area contributed by atoms with E-state index >= 15 is 0 Å². The van der Waals surface area contributed by atoms with Crippen molar-refractivity contribution in [1.82, 2.24) is 10.6 Å². The van der Waals surface area contributed by atoms with Gasteiger partial charge in [0.05, 0.1) is 0 Å². The number of carbonyl (C=O) groups excluding carboxylic acids is 1. The zero-order valence-corrected chi connectivity index (χ0v) is 11.7. The molecule has 1 aromatic carbocycles. The van der Waals surface area contributed by atoms with Gasteiger partial charge in [-0.2, -0.15) is 0 Å². The van der Waals surface area contributed by atoms with Crippen LogP contribution >= 0.6 is 11.6 Å². The highest BCUT2D eigenvalue weighted by atomic mass is 35.5. The summed E-state index contributed by atoms with van der Waals surface area (Å²) in [5, 5.41) is 6.45. The first-order valence-electron chi connectivity index (χ1n) is 5.86. The maximum absolute atomic E-state index is 11.5. The zero-order valence-electron chi connectivity index (χ0n) is 10.9. The maximum Gasteiger partial charge on any atom is 0.257 e.